The van der Waals surface area contributed by atoms with Gasteiger partial charge in [-0.3, -0.25) is 9.36 Å². The number of hydrogen-bond acceptors (Lipinski definition) is 3. The van der Waals surface area contributed by atoms with Crippen molar-refractivity contribution in [1.29, 1.82) is 0 Å². The van der Waals surface area contributed by atoms with Crippen LogP contribution in [0.15, 0.2) is 54.6 Å². The number of carbonyl (C=O) groups is 1. The smallest absolute Gasteiger partial charge is 0.359 e. The van der Waals surface area contributed by atoms with Crippen LogP contribution in [0.3, 0.4) is 0 Å². The summed E-state index contributed by atoms with van der Waals surface area (Å²) in [4.78, 5) is 30.5. The van der Waals surface area contributed by atoms with Gasteiger partial charge in [0.2, 0.25) is 0 Å². The molecule has 2 aromatic carbocycles. The monoisotopic (exact) mass is 335 g/mol. The fraction of sp³-hybridized carbons (Fsp3) is 0.188. The fourth-order valence-corrected chi connectivity index (χ4v) is 2.78. The van der Waals surface area contributed by atoms with Gasteiger partial charge in [-0.25, -0.2) is 0 Å². The maximum Gasteiger partial charge on any atom is 0.359 e. The Labute approximate surface area is 134 Å². The highest BCUT2D eigenvalue weighted by molar-refractivity contribution is 7.60. The topological polar surface area (TPSA) is 95.9 Å². The quantitative estimate of drug-likeness (QED) is 0.699. The number of para-hydroxylation sites is 1. The second-order valence-electron chi connectivity index (χ2n) is 5.00. The Bertz CT molecular complexity index is 713. The van der Waals surface area contributed by atoms with Crippen LogP contribution >= 0.6 is 7.60 Å². The Morgan fingerprint density at radius 3 is 2.39 bits per heavy atom. The van der Waals surface area contributed by atoms with Gasteiger partial charge in [0, 0.05) is 0 Å². The minimum Gasteiger partial charge on any atom is -0.483 e. The Balaban J connectivity index is 1.97. The van der Waals surface area contributed by atoms with Gasteiger partial charge in [-0.05, 0) is 24.6 Å². The third-order valence-corrected chi connectivity index (χ3v) is 4.21. The first-order chi connectivity index (χ1) is 10.9. The molecule has 0 radical (unpaired) electrons. The third-order valence-electron chi connectivity index (χ3n) is 3.21. The van der Waals surface area contributed by atoms with Crippen LogP contribution in [0.5, 0.6) is 5.75 Å². The summed E-state index contributed by atoms with van der Waals surface area (Å²) in [6, 6.07) is 15.0. The lowest BCUT2D eigenvalue weighted by atomic mass is 10.1. The third kappa shape index (κ3) is 4.93. The molecule has 23 heavy (non-hydrogen) atoms. The molecule has 0 aliphatic rings. The van der Waals surface area contributed by atoms with Crippen LogP contribution < -0.4 is 15.4 Å². The molecule has 0 unspecified atom stereocenters. The number of benzene rings is 2. The Kier molecular flexibility index (Phi) is 5.55. The zero-order valence-electron chi connectivity index (χ0n) is 12.5. The zero-order chi connectivity index (χ0) is 16.9. The normalized spacial score (nSPS) is 12.5. The summed E-state index contributed by atoms with van der Waals surface area (Å²) < 4.78 is 16.6. The van der Waals surface area contributed by atoms with Gasteiger partial charge in [0.25, 0.3) is 5.91 Å². The van der Waals surface area contributed by atoms with Gasteiger partial charge in [0.05, 0.1) is 6.04 Å². The zero-order valence-corrected chi connectivity index (χ0v) is 13.4. The molecule has 1 atom stereocenters. The Morgan fingerprint density at radius 2 is 1.74 bits per heavy atom. The molecule has 2 rings (SSSR count). The van der Waals surface area contributed by atoms with E-state index in [-0.39, 0.29) is 29.6 Å². The first-order valence-electron chi connectivity index (χ1n) is 7.00. The molecule has 0 aliphatic carbocycles. The van der Waals surface area contributed by atoms with E-state index in [1.807, 2.05) is 37.3 Å². The number of nitrogens with one attached hydrogen (secondary N) is 1. The van der Waals surface area contributed by atoms with Crippen molar-refractivity contribution >= 4 is 18.8 Å². The molecule has 0 bridgehead atoms. The maximum absolute atomic E-state index is 11.9. The van der Waals surface area contributed by atoms with Crippen LogP contribution in [0.4, 0.5) is 0 Å². The summed E-state index contributed by atoms with van der Waals surface area (Å²) >= 11 is 0. The molecular formula is C16H18NO5P. The predicted octanol–water partition coefficient (Wildman–Crippen LogP) is 1.75. The second-order valence-corrected chi connectivity index (χ2v) is 6.57. The maximum atomic E-state index is 11.9. The molecule has 0 heterocycles. The molecule has 0 saturated carbocycles. The molecule has 0 fully saturated rings. The largest absolute Gasteiger partial charge is 0.483 e. The van der Waals surface area contributed by atoms with E-state index in [4.69, 9.17) is 4.74 Å². The number of carbonyl (C=O) groups excluding carboxylic acids is 1. The van der Waals surface area contributed by atoms with Gasteiger partial charge in [0.15, 0.2) is 6.61 Å². The van der Waals surface area contributed by atoms with Gasteiger partial charge in [-0.15, -0.1) is 0 Å². The summed E-state index contributed by atoms with van der Waals surface area (Å²) in [7, 11) is -4.45. The average molecular weight is 335 g/mol. The van der Waals surface area contributed by atoms with Gasteiger partial charge in [0.1, 0.15) is 11.1 Å². The Morgan fingerprint density at radius 1 is 1.13 bits per heavy atom. The van der Waals surface area contributed by atoms with Crippen LogP contribution in [-0.2, 0) is 9.36 Å². The average Bonchev–Trinajstić information content (AvgIpc) is 2.53. The highest BCUT2D eigenvalue weighted by Crippen LogP contribution is 2.37. The van der Waals surface area contributed by atoms with E-state index in [1.54, 1.807) is 6.07 Å². The summed E-state index contributed by atoms with van der Waals surface area (Å²) in [5.41, 5.74) is 0.955. The summed E-state index contributed by atoms with van der Waals surface area (Å²) in [5, 5.41) is 2.53. The van der Waals surface area contributed by atoms with Gasteiger partial charge >= 0.3 is 7.60 Å². The molecule has 0 saturated heterocycles. The lowest BCUT2D eigenvalue weighted by molar-refractivity contribution is -0.123. The molecule has 1 amide bonds. The lowest BCUT2D eigenvalue weighted by Gasteiger charge is -2.16. The molecule has 0 aliphatic heterocycles. The minimum absolute atomic E-state index is 0.00310. The van der Waals surface area contributed by atoms with Crippen LogP contribution in [0.2, 0.25) is 0 Å². The first-order valence-corrected chi connectivity index (χ1v) is 8.61. The Hall–Kier alpha value is -2.14. The van der Waals surface area contributed by atoms with E-state index in [9.17, 15) is 19.1 Å². The van der Waals surface area contributed by atoms with Gasteiger partial charge in [-0.1, -0.05) is 42.5 Å². The standard InChI is InChI=1S/C16H18NO5P/c1-12(13-7-3-2-4-8-13)17-16(18)11-22-14-9-5-6-10-15(14)23(19,20)21/h2-10,12H,11H2,1H3,(H,17,18)(H2,19,20,21)/t12-/m1/s1. The highest BCUT2D eigenvalue weighted by atomic mass is 31.2. The molecule has 3 N–H and O–H groups in total. The number of rotatable bonds is 6. The molecule has 122 valence electrons. The molecule has 0 aromatic heterocycles. The number of ether oxygens (including phenoxy) is 1. The van der Waals surface area contributed by atoms with Crippen molar-refractivity contribution in [3.63, 3.8) is 0 Å². The van der Waals surface area contributed by atoms with Gasteiger partial charge in [-0.2, -0.15) is 0 Å². The molecule has 6 nitrogen and oxygen atoms in total. The van der Waals surface area contributed by atoms with E-state index >= 15 is 0 Å². The lowest BCUT2D eigenvalue weighted by Crippen LogP contribution is -2.31. The first kappa shape index (κ1) is 17.2. The van der Waals surface area contributed by atoms with E-state index < -0.39 is 7.60 Å². The summed E-state index contributed by atoms with van der Waals surface area (Å²) in [6.07, 6.45) is 0. The van der Waals surface area contributed by atoms with Crippen molar-refractivity contribution in [3.8, 4) is 5.75 Å². The van der Waals surface area contributed by atoms with Gasteiger partial charge < -0.3 is 19.8 Å². The fourth-order valence-electron chi connectivity index (χ4n) is 2.07. The van der Waals surface area contributed by atoms with E-state index in [0.717, 1.165) is 5.56 Å². The van der Waals surface area contributed by atoms with Crippen molar-refractivity contribution in [2.24, 2.45) is 0 Å². The van der Waals surface area contributed by atoms with Crippen LogP contribution in [0.1, 0.15) is 18.5 Å². The van der Waals surface area contributed by atoms with Crippen molar-refractivity contribution in [2.75, 3.05) is 6.61 Å². The number of amides is 1. The molecular weight excluding hydrogens is 317 g/mol. The van der Waals surface area contributed by atoms with Crippen molar-refractivity contribution in [2.45, 2.75) is 13.0 Å². The van der Waals surface area contributed by atoms with E-state index in [1.165, 1.54) is 18.2 Å². The van der Waals surface area contributed by atoms with Crippen molar-refractivity contribution in [3.05, 3.63) is 60.2 Å². The van der Waals surface area contributed by atoms with E-state index in [0.29, 0.717) is 0 Å². The molecule has 0 spiro atoms. The van der Waals surface area contributed by atoms with Crippen LogP contribution in [0.25, 0.3) is 0 Å². The number of hydrogen-bond donors (Lipinski definition) is 3. The van der Waals surface area contributed by atoms with Crippen LogP contribution in [0, 0.1) is 0 Å². The van der Waals surface area contributed by atoms with Crippen LogP contribution in [-0.4, -0.2) is 22.3 Å². The van der Waals surface area contributed by atoms with Crippen molar-refractivity contribution in [1.82, 2.24) is 5.32 Å². The van der Waals surface area contributed by atoms with Crippen molar-refractivity contribution < 1.29 is 23.9 Å². The highest BCUT2D eigenvalue weighted by Gasteiger charge is 2.22. The molecule has 2 aromatic rings. The summed E-state index contributed by atoms with van der Waals surface area (Å²) in [6.45, 7) is 1.52. The second kappa shape index (κ2) is 7.42. The van der Waals surface area contributed by atoms with E-state index in [2.05, 4.69) is 5.32 Å². The predicted molar refractivity (Wildman–Crippen MR) is 86.6 cm³/mol. The minimum atomic E-state index is -4.45. The summed E-state index contributed by atoms with van der Waals surface area (Å²) in [5.74, 6) is -0.370. The SMILES string of the molecule is C[C@@H](NC(=O)COc1ccccc1P(=O)(O)O)c1ccccc1. The molecule has 7 heteroatoms.